The van der Waals surface area contributed by atoms with Crippen LogP contribution in [0.4, 0.5) is 0 Å². The van der Waals surface area contributed by atoms with E-state index in [1.807, 2.05) is 11.3 Å². The molecular formula is C22H40IN5S. The Morgan fingerprint density at radius 3 is 2.52 bits per heavy atom. The summed E-state index contributed by atoms with van der Waals surface area (Å²) < 4.78 is 0. The van der Waals surface area contributed by atoms with E-state index in [4.69, 9.17) is 4.99 Å². The lowest BCUT2D eigenvalue weighted by Gasteiger charge is -2.49. The zero-order valence-corrected chi connectivity index (χ0v) is 21.6. The van der Waals surface area contributed by atoms with Gasteiger partial charge in [-0.2, -0.15) is 0 Å². The van der Waals surface area contributed by atoms with Crippen molar-refractivity contribution in [2.24, 2.45) is 4.99 Å². The molecule has 0 amide bonds. The molecule has 1 unspecified atom stereocenters. The minimum atomic E-state index is 0. The molecule has 0 aliphatic carbocycles. The van der Waals surface area contributed by atoms with Gasteiger partial charge in [-0.3, -0.25) is 9.89 Å². The fourth-order valence-corrected chi connectivity index (χ4v) is 5.25. The number of aliphatic imine (C=N–C) groups is 1. The highest BCUT2D eigenvalue weighted by Crippen LogP contribution is 2.31. The van der Waals surface area contributed by atoms with Crippen LogP contribution in [0.2, 0.25) is 0 Å². The molecule has 3 heterocycles. The Morgan fingerprint density at radius 2 is 1.90 bits per heavy atom. The second-order valence-electron chi connectivity index (χ2n) is 8.57. The van der Waals surface area contributed by atoms with Crippen molar-refractivity contribution in [1.82, 2.24) is 20.4 Å². The van der Waals surface area contributed by atoms with E-state index in [9.17, 15) is 0 Å². The van der Waals surface area contributed by atoms with E-state index in [1.165, 1.54) is 63.2 Å². The van der Waals surface area contributed by atoms with Gasteiger partial charge >= 0.3 is 0 Å². The molecule has 3 rings (SSSR count). The van der Waals surface area contributed by atoms with Gasteiger partial charge in [0.15, 0.2) is 5.96 Å². The predicted octanol–water partition coefficient (Wildman–Crippen LogP) is 3.98. The summed E-state index contributed by atoms with van der Waals surface area (Å²) >= 11 is 1.84. The van der Waals surface area contributed by atoms with Gasteiger partial charge in [0.25, 0.3) is 0 Å². The van der Waals surface area contributed by atoms with Crippen LogP contribution in [0.5, 0.6) is 0 Å². The molecule has 2 fully saturated rings. The minimum absolute atomic E-state index is 0. The van der Waals surface area contributed by atoms with Crippen LogP contribution in [-0.2, 0) is 0 Å². The molecule has 0 saturated carbocycles. The van der Waals surface area contributed by atoms with Gasteiger partial charge in [0, 0.05) is 29.4 Å². The summed E-state index contributed by atoms with van der Waals surface area (Å²) in [5.41, 5.74) is 0.245. The number of piperidine rings is 2. The van der Waals surface area contributed by atoms with Gasteiger partial charge in [-0.05, 0) is 77.3 Å². The van der Waals surface area contributed by atoms with E-state index < -0.39 is 0 Å². The number of hydrogen-bond acceptors (Lipinski definition) is 4. The summed E-state index contributed by atoms with van der Waals surface area (Å²) in [6.45, 7) is 12.0. The third-order valence-electron chi connectivity index (χ3n) is 6.42. The number of halogens is 1. The van der Waals surface area contributed by atoms with Gasteiger partial charge in [-0.25, -0.2) is 0 Å². The maximum atomic E-state index is 5.10. The highest BCUT2D eigenvalue weighted by molar-refractivity contribution is 14.0. The summed E-state index contributed by atoms with van der Waals surface area (Å²) in [6, 6.07) is 4.36. The number of likely N-dealkylation sites (tertiary alicyclic amines) is 2. The Labute approximate surface area is 198 Å². The molecule has 0 bridgehead atoms. The first-order valence-corrected chi connectivity index (χ1v) is 12.0. The van der Waals surface area contributed by atoms with E-state index in [0.29, 0.717) is 5.92 Å². The van der Waals surface area contributed by atoms with Crippen LogP contribution in [0.3, 0.4) is 0 Å². The van der Waals surface area contributed by atoms with Crippen LogP contribution >= 0.6 is 35.3 Å². The molecule has 7 heteroatoms. The monoisotopic (exact) mass is 533 g/mol. The zero-order valence-electron chi connectivity index (χ0n) is 18.5. The number of rotatable bonds is 7. The van der Waals surface area contributed by atoms with Crippen molar-refractivity contribution in [3.8, 4) is 0 Å². The molecule has 1 aromatic heterocycles. The molecular weight excluding hydrogens is 493 g/mol. The van der Waals surface area contributed by atoms with Gasteiger partial charge in [-0.15, -0.1) is 35.3 Å². The van der Waals surface area contributed by atoms with Gasteiger partial charge in [0.2, 0.25) is 0 Å². The van der Waals surface area contributed by atoms with Crippen molar-refractivity contribution in [2.45, 2.75) is 57.4 Å². The lowest BCUT2D eigenvalue weighted by Crippen LogP contribution is -2.58. The molecule has 2 aliphatic heterocycles. The van der Waals surface area contributed by atoms with E-state index in [0.717, 1.165) is 25.6 Å². The Hall–Kier alpha value is -0.380. The Kier molecular flexibility index (Phi) is 10.7. The summed E-state index contributed by atoms with van der Waals surface area (Å²) in [5, 5.41) is 9.22. The van der Waals surface area contributed by atoms with Crippen LogP contribution < -0.4 is 10.6 Å². The van der Waals surface area contributed by atoms with Crippen molar-refractivity contribution in [3.63, 3.8) is 0 Å². The summed E-state index contributed by atoms with van der Waals surface area (Å²) in [7, 11) is 2.25. The summed E-state index contributed by atoms with van der Waals surface area (Å²) in [4.78, 5) is 11.8. The highest BCUT2D eigenvalue weighted by atomic mass is 127. The van der Waals surface area contributed by atoms with Gasteiger partial charge < -0.3 is 15.5 Å². The van der Waals surface area contributed by atoms with Crippen LogP contribution in [-0.4, -0.2) is 74.2 Å². The number of guanidine groups is 1. The molecule has 0 aromatic carbocycles. The van der Waals surface area contributed by atoms with Crippen LogP contribution in [0.15, 0.2) is 22.5 Å². The van der Waals surface area contributed by atoms with Crippen molar-refractivity contribution in [3.05, 3.63) is 22.4 Å². The lowest BCUT2D eigenvalue weighted by molar-refractivity contribution is 0.0208. The molecule has 29 heavy (non-hydrogen) atoms. The molecule has 166 valence electrons. The molecule has 1 atom stereocenters. The Balaban J connectivity index is 0.00000300. The fraction of sp³-hybridized carbons (Fsp3) is 0.773. The number of hydrogen-bond donors (Lipinski definition) is 2. The van der Waals surface area contributed by atoms with Crippen molar-refractivity contribution < 1.29 is 0 Å². The third-order valence-corrected chi connectivity index (χ3v) is 7.53. The average Bonchev–Trinajstić information content (AvgIpc) is 3.27. The van der Waals surface area contributed by atoms with E-state index >= 15 is 0 Å². The topological polar surface area (TPSA) is 42.9 Å². The Bertz CT molecular complexity index is 592. The predicted molar refractivity (Wildman–Crippen MR) is 137 cm³/mol. The van der Waals surface area contributed by atoms with Crippen LogP contribution in [0, 0.1) is 0 Å². The maximum absolute atomic E-state index is 5.10. The smallest absolute Gasteiger partial charge is 0.191 e. The van der Waals surface area contributed by atoms with E-state index in [2.05, 4.69) is 58.8 Å². The first-order chi connectivity index (χ1) is 13.6. The van der Waals surface area contributed by atoms with Gasteiger partial charge in [0.1, 0.15) is 0 Å². The molecule has 1 aromatic rings. The summed E-state index contributed by atoms with van der Waals surface area (Å²) in [5.74, 6) is 1.48. The normalized spacial score (nSPS) is 22.0. The summed E-state index contributed by atoms with van der Waals surface area (Å²) in [6.07, 6.45) is 6.55. The SMILES string of the molecule is CCNC(=NCC1(N2CCCCC2)CCN(C)CC1)NCC(C)c1cccs1.I. The van der Waals surface area contributed by atoms with Gasteiger partial charge in [0.05, 0.1) is 6.54 Å². The number of nitrogens with one attached hydrogen (secondary N) is 2. The first kappa shape index (κ1) is 24.9. The van der Waals surface area contributed by atoms with Crippen LogP contribution in [0.25, 0.3) is 0 Å². The minimum Gasteiger partial charge on any atom is -0.357 e. The molecule has 2 aliphatic rings. The molecule has 0 spiro atoms. The molecule has 0 radical (unpaired) electrons. The molecule has 5 nitrogen and oxygen atoms in total. The lowest BCUT2D eigenvalue weighted by atomic mass is 9.84. The largest absolute Gasteiger partial charge is 0.357 e. The van der Waals surface area contributed by atoms with E-state index in [1.54, 1.807) is 0 Å². The van der Waals surface area contributed by atoms with E-state index in [-0.39, 0.29) is 29.5 Å². The highest BCUT2D eigenvalue weighted by Gasteiger charge is 2.39. The second kappa shape index (κ2) is 12.5. The molecule has 2 saturated heterocycles. The number of nitrogens with zero attached hydrogens (tertiary/aromatic N) is 3. The van der Waals surface area contributed by atoms with Crippen molar-refractivity contribution >= 4 is 41.3 Å². The third kappa shape index (κ3) is 7.08. The number of thiophene rings is 1. The first-order valence-electron chi connectivity index (χ1n) is 11.1. The van der Waals surface area contributed by atoms with Gasteiger partial charge in [-0.1, -0.05) is 19.4 Å². The van der Waals surface area contributed by atoms with Crippen molar-refractivity contribution in [2.75, 3.05) is 52.9 Å². The van der Waals surface area contributed by atoms with Crippen molar-refractivity contribution in [1.29, 1.82) is 0 Å². The maximum Gasteiger partial charge on any atom is 0.191 e. The van der Waals surface area contributed by atoms with Crippen LogP contribution in [0.1, 0.15) is 56.7 Å². The average molecular weight is 534 g/mol. The Morgan fingerprint density at radius 1 is 1.17 bits per heavy atom. The zero-order chi connectivity index (χ0) is 19.8. The quantitative estimate of drug-likeness (QED) is 0.316. The fourth-order valence-electron chi connectivity index (χ4n) is 4.47. The standard InChI is InChI=1S/C22H39N5S.HI/c1-4-23-21(24-17-19(2)20-9-8-16-28-20)25-18-22(10-14-26(3)15-11-22)27-12-6-5-7-13-27;/h8-9,16,19H,4-7,10-15,17-18H2,1-3H3,(H2,23,24,25);1H. The second-order valence-corrected chi connectivity index (χ2v) is 9.55. The molecule has 2 N–H and O–H groups in total.